The first-order valence-electron chi connectivity index (χ1n) is 7.96. The Balaban J connectivity index is 2.01. The average molecular weight is 315 g/mol. The van der Waals surface area contributed by atoms with E-state index in [0.29, 0.717) is 11.1 Å². The van der Waals surface area contributed by atoms with Crippen molar-refractivity contribution in [3.05, 3.63) is 77.2 Å². The normalized spacial score (nSPS) is 17.4. The molecule has 0 aliphatic carbocycles. The van der Waals surface area contributed by atoms with Crippen molar-refractivity contribution in [1.82, 2.24) is 10.2 Å². The van der Waals surface area contributed by atoms with Crippen LogP contribution in [0.3, 0.4) is 0 Å². The molecule has 0 amide bonds. The molecule has 1 saturated heterocycles. The number of hydrogen-bond acceptors (Lipinski definition) is 2. The highest BCUT2D eigenvalue weighted by Crippen LogP contribution is 2.37. The molecule has 0 saturated carbocycles. The molecule has 1 aliphatic rings. The second-order valence-electron chi connectivity index (χ2n) is 5.87. The summed E-state index contributed by atoms with van der Waals surface area (Å²) in [4.78, 5) is 2.22. The van der Waals surface area contributed by atoms with Crippen molar-refractivity contribution in [2.24, 2.45) is 0 Å². The Bertz CT molecular complexity index is 653. The molecule has 1 unspecified atom stereocenters. The average Bonchev–Trinajstić information content (AvgIpc) is 2.58. The van der Waals surface area contributed by atoms with Crippen LogP contribution in [0.4, 0.5) is 8.78 Å². The molecule has 0 aromatic heterocycles. The van der Waals surface area contributed by atoms with Gasteiger partial charge in [-0.25, -0.2) is 8.78 Å². The Morgan fingerprint density at radius 1 is 0.957 bits per heavy atom. The van der Waals surface area contributed by atoms with Gasteiger partial charge in [0.2, 0.25) is 0 Å². The summed E-state index contributed by atoms with van der Waals surface area (Å²) < 4.78 is 28.7. The summed E-state index contributed by atoms with van der Waals surface area (Å²) in [6, 6.07) is 13.2. The van der Waals surface area contributed by atoms with E-state index in [4.69, 9.17) is 0 Å². The summed E-state index contributed by atoms with van der Waals surface area (Å²) in [5.74, 6) is 0.336. The Morgan fingerprint density at radius 2 is 1.57 bits per heavy atom. The lowest BCUT2D eigenvalue weighted by Crippen LogP contribution is -2.46. The van der Waals surface area contributed by atoms with Crippen molar-refractivity contribution < 1.29 is 8.78 Å². The van der Waals surface area contributed by atoms with Crippen LogP contribution in [0.1, 0.15) is 24.1 Å². The maximum Gasteiger partial charge on any atom is 0.128 e. The zero-order valence-corrected chi connectivity index (χ0v) is 13.2. The number of nitrogens with zero attached hydrogens (tertiary/aromatic N) is 1. The summed E-state index contributed by atoms with van der Waals surface area (Å²) in [6.45, 7) is 5.23. The first kappa shape index (κ1) is 16.1. The predicted molar refractivity (Wildman–Crippen MR) is 88.0 cm³/mol. The van der Waals surface area contributed by atoms with Crippen molar-refractivity contribution in [2.75, 3.05) is 26.2 Å². The molecule has 2 aromatic carbocycles. The van der Waals surface area contributed by atoms with Gasteiger partial charge in [-0.05, 0) is 17.7 Å². The number of hydrogen-bond donors (Lipinski definition) is 1. The Kier molecular flexibility index (Phi) is 5.03. The first-order chi connectivity index (χ1) is 11.2. The third kappa shape index (κ3) is 3.43. The van der Waals surface area contributed by atoms with Gasteiger partial charge in [0, 0.05) is 43.7 Å². The Hall–Kier alpha value is -1.78. The minimum absolute atomic E-state index is 0.244. The quantitative estimate of drug-likeness (QED) is 0.928. The number of nitrogens with one attached hydrogen (secondary N) is 1. The van der Waals surface area contributed by atoms with Gasteiger partial charge in [0.05, 0.1) is 0 Å². The molecule has 23 heavy (non-hydrogen) atoms. The van der Waals surface area contributed by atoms with Gasteiger partial charge in [-0.15, -0.1) is 0 Å². The molecule has 1 fully saturated rings. The lowest BCUT2D eigenvalue weighted by Gasteiger charge is -2.38. The molecular formula is C19H21F2N2. The molecule has 1 radical (unpaired) electrons. The highest BCUT2D eigenvalue weighted by atomic mass is 19.1. The number of piperazine rings is 1. The van der Waals surface area contributed by atoms with Crippen molar-refractivity contribution in [3.63, 3.8) is 0 Å². The standard InChI is InChI=1S/C19H21F2N2/c1-14(15-6-2-4-8-17(15)20)19(23-12-10-22-11-13-23)16-7-3-5-9-18(16)21/h2-9,19,22H,10-13H2,1H3. The minimum atomic E-state index is -0.263. The van der Waals surface area contributed by atoms with Gasteiger partial charge in [0.25, 0.3) is 0 Å². The van der Waals surface area contributed by atoms with E-state index in [9.17, 15) is 8.78 Å². The van der Waals surface area contributed by atoms with Gasteiger partial charge in [-0.2, -0.15) is 0 Å². The van der Waals surface area contributed by atoms with Crippen LogP contribution in [0.15, 0.2) is 48.5 Å². The van der Waals surface area contributed by atoms with Crippen LogP contribution >= 0.6 is 0 Å². The summed E-state index contributed by atoms with van der Waals surface area (Å²) in [5, 5.41) is 3.31. The van der Waals surface area contributed by atoms with Gasteiger partial charge in [-0.1, -0.05) is 43.3 Å². The maximum absolute atomic E-state index is 14.4. The highest BCUT2D eigenvalue weighted by molar-refractivity contribution is 5.39. The maximum atomic E-state index is 14.4. The number of benzene rings is 2. The van der Waals surface area contributed by atoms with Gasteiger partial charge >= 0.3 is 0 Å². The molecule has 0 bridgehead atoms. The fourth-order valence-electron chi connectivity index (χ4n) is 3.27. The third-order valence-electron chi connectivity index (χ3n) is 4.43. The molecule has 1 N–H and O–H groups in total. The van der Waals surface area contributed by atoms with E-state index in [1.807, 2.05) is 19.1 Å². The Labute approximate surface area is 136 Å². The van der Waals surface area contributed by atoms with Crippen molar-refractivity contribution in [2.45, 2.75) is 13.0 Å². The molecular weight excluding hydrogens is 294 g/mol. The van der Waals surface area contributed by atoms with E-state index >= 15 is 0 Å². The Morgan fingerprint density at radius 3 is 2.22 bits per heavy atom. The van der Waals surface area contributed by atoms with Crippen LogP contribution in [-0.2, 0) is 0 Å². The topological polar surface area (TPSA) is 15.3 Å². The molecule has 2 nitrogen and oxygen atoms in total. The fourth-order valence-corrected chi connectivity index (χ4v) is 3.27. The van der Waals surface area contributed by atoms with E-state index in [2.05, 4.69) is 10.2 Å². The van der Waals surface area contributed by atoms with Gasteiger partial charge in [0.1, 0.15) is 11.6 Å². The molecule has 121 valence electrons. The van der Waals surface area contributed by atoms with E-state index in [1.165, 1.54) is 12.1 Å². The zero-order valence-electron chi connectivity index (χ0n) is 13.2. The van der Waals surface area contributed by atoms with Crippen LogP contribution < -0.4 is 5.32 Å². The van der Waals surface area contributed by atoms with E-state index in [0.717, 1.165) is 32.1 Å². The first-order valence-corrected chi connectivity index (χ1v) is 7.96. The lowest BCUT2D eigenvalue weighted by atomic mass is 9.86. The van der Waals surface area contributed by atoms with E-state index in [1.54, 1.807) is 24.3 Å². The van der Waals surface area contributed by atoms with Gasteiger partial charge < -0.3 is 5.32 Å². The van der Waals surface area contributed by atoms with Crippen molar-refractivity contribution in [3.8, 4) is 0 Å². The largest absolute Gasteiger partial charge is 0.314 e. The van der Waals surface area contributed by atoms with Crippen LogP contribution in [0, 0.1) is 17.6 Å². The molecule has 3 rings (SSSR count). The van der Waals surface area contributed by atoms with Crippen LogP contribution in [0.5, 0.6) is 0 Å². The second kappa shape index (κ2) is 7.20. The predicted octanol–water partition coefficient (Wildman–Crippen LogP) is 3.55. The zero-order chi connectivity index (χ0) is 16.2. The SMILES string of the molecule is C[C](c1ccccc1F)C(c1ccccc1F)N1CCNCC1. The van der Waals surface area contributed by atoms with Gasteiger partial charge in [-0.3, -0.25) is 4.90 Å². The molecule has 0 spiro atoms. The highest BCUT2D eigenvalue weighted by Gasteiger charge is 2.31. The second-order valence-corrected chi connectivity index (χ2v) is 5.87. The fraction of sp³-hybridized carbons (Fsp3) is 0.316. The molecule has 1 heterocycles. The lowest BCUT2D eigenvalue weighted by molar-refractivity contribution is 0.180. The van der Waals surface area contributed by atoms with E-state index < -0.39 is 0 Å². The van der Waals surface area contributed by atoms with Crippen LogP contribution in [0.2, 0.25) is 0 Å². The van der Waals surface area contributed by atoms with Crippen molar-refractivity contribution in [1.29, 1.82) is 0 Å². The van der Waals surface area contributed by atoms with Crippen LogP contribution in [0.25, 0.3) is 0 Å². The number of rotatable bonds is 4. The molecule has 1 atom stereocenters. The minimum Gasteiger partial charge on any atom is -0.314 e. The summed E-state index contributed by atoms with van der Waals surface area (Å²) >= 11 is 0. The summed E-state index contributed by atoms with van der Waals surface area (Å²) in [7, 11) is 0. The van der Waals surface area contributed by atoms with E-state index in [-0.39, 0.29) is 17.7 Å². The van der Waals surface area contributed by atoms with Crippen LogP contribution in [-0.4, -0.2) is 31.1 Å². The molecule has 4 heteroatoms. The number of halogens is 2. The van der Waals surface area contributed by atoms with Gasteiger partial charge in [0.15, 0.2) is 0 Å². The molecule has 2 aromatic rings. The summed E-state index contributed by atoms with van der Waals surface area (Å²) in [5.41, 5.74) is 1.16. The smallest absolute Gasteiger partial charge is 0.128 e. The monoisotopic (exact) mass is 315 g/mol. The molecule has 1 aliphatic heterocycles. The summed E-state index contributed by atoms with van der Waals surface area (Å²) in [6.07, 6.45) is 0. The van der Waals surface area contributed by atoms with Crippen molar-refractivity contribution >= 4 is 0 Å². The third-order valence-corrected chi connectivity index (χ3v) is 4.43.